The average molecular weight is 513 g/mol. The number of nitrogens with zero attached hydrogens (tertiary/aromatic N) is 7. The molecule has 0 spiro atoms. The number of nitrogens with one attached hydrogen (secondary N) is 1. The van der Waals surface area contributed by atoms with Crippen molar-refractivity contribution in [3.8, 4) is 0 Å². The maximum atomic E-state index is 11.9. The summed E-state index contributed by atoms with van der Waals surface area (Å²) in [6.07, 6.45) is 8.23. The molecule has 1 saturated carbocycles. The van der Waals surface area contributed by atoms with E-state index < -0.39 is 0 Å². The van der Waals surface area contributed by atoms with Crippen LogP contribution in [0.3, 0.4) is 0 Å². The fraction of sp³-hybridized carbons (Fsp3) is 0.483. The van der Waals surface area contributed by atoms with Gasteiger partial charge in [0.2, 0.25) is 11.9 Å². The highest BCUT2D eigenvalue weighted by Gasteiger charge is 2.34. The second-order valence-corrected chi connectivity index (χ2v) is 10.6. The predicted molar refractivity (Wildman–Crippen MR) is 150 cm³/mol. The van der Waals surface area contributed by atoms with Crippen molar-refractivity contribution in [2.24, 2.45) is 5.92 Å². The van der Waals surface area contributed by atoms with Crippen LogP contribution in [0.25, 0.3) is 21.9 Å². The second-order valence-electron chi connectivity index (χ2n) is 10.6. The van der Waals surface area contributed by atoms with E-state index in [4.69, 9.17) is 20.1 Å². The number of hydrogen-bond acceptors (Lipinski definition) is 7. The molecule has 4 aromatic rings. The largest absolute Gasteiger partial charge is 0.361 e. The molecule has 38 heavy (non-hydrogen) atoms. The lowest BCUT2D eigenvalue weighted by Gasteiger charge is -2.34. The SMILES string of the molecule is CCC(CC)n1ncc2nc(N3CCN(C(C)=O)CC3)nc(N[C@@H](c3cnc4ccccc4c3)C3CC3)c21. The minimum Gasteiger partial charge on any atom is -0.361 e. The molecule has 9 nitrogen and oxygen atoms in total. The number of carbonyl (C=O) groups excluding carboxylic acids is 1. The van der Waals surface area contributed by atoms with E-state index in [9.17, 15) is 4.79 Å². The molecule has 0 bridgehead atoms. The van der Waals surface area contributed by atoms with Gasteiger partial charge in [-0.25, -0.2) is 4.98 Å². The zero-order valence-corrected chi connectivity index (χ0v) is 22.5. The third-order valence-corrected chi connectivity index (χ3v) is 8.09. The summed E-state index contributed by atoms with van der Waals surface area (Å²) in [7, 11) is 0. The molecule has 198 valence electrons. The van der Waals surface area contributed by atoms with Crippen LogP contribution in [0.4, 0.5) is 11.8 Å². The minimum absolute atomic E-state index is 0.109. The van der Waals surface area contributed by atoms with Crippen LogP contribution in [-0.4, -0.2) is 61.7 Å². The Kier molecular flexibility index (Phi) is 6.59. The van der Waals surface area contributed by atoms with Crippen LogP contribution in [0.5, 0.6) is 0 Å². The summed E-state index contributed by atoms with van der Waals surface area (Å²) < 4.78 is 2.11. The molecule has 1 atom stereocenters. The molecule has 1 aliphatic carbocycles. The Bertz CT molecular complexity index is 1450. The molecule has 0 radical (unpaired) electrons. The van der Waals surface area contributed by atoms with Crippen molar-refractivity contribution in [3.05, 3.63) is 48.3 Å². The van der Waals surface area contributed by atoms with Crippen molar-refractivity contribution >= 4 is 39.6 Å². The standard InChI is InChI=1S/C29H36N8O/c1-4-23(5-2)37-27-25(18-31-37)32-29(36-14-12-35(13-15-36)19(3)38)34-28(27)33-26(20-10-11-20)22-16-21-8-6-7-9-24(21)30-17-22/h6-9,16-18,20,23,26H,4-5,10-15H2,1-3H3,(H,32,33,34)/t26-/m1/s1. The maximum absolute atomic E-state index is 11.9. The maximum Gasteiger partial charge on any atom is 0.228 e. The van der Waals surface area contributed by atoms with Gasteiger partial charge in [-0.1, -0.05) is 32.0 Å². The number of para-hydroxylation sites is 1. The van der Waals surface area contributed by atoms with Crippen LogP contribution in [-0.2, 0) is 4.79 Å². The summed E-state index contributed by atoms with van der Waals surface area (Å²) in [5.74, 6) is 2.17. The van der Waals surface area contributed by atoms with Gasteiger partial charge in [0.15, 0.2) is 5.82 Å². The number of aromatic nitrogens is 5. The van der Waals surface area contributed by atoms with Gasteiger partial charge in [0.25, 0.3) is 0 Å². The number of rotatable bonds is 8. The van der Waals surface area contributed by atoms with Gasteiger partial charge in [-0.3, -0.25) is 14.5 Å². The van der Waals surface area contributed by atoms with E-state index >= 15 is 0 Å². The number of pyridine rings is 1. The Hall–Kier alpha value is -3.75. The highest BCUT2D eigenvalue weighted by molar-refractivity contribution is 5.87. The summed E-state index contributed by atoms with van der Waals surface area (Å²) in [5, 5.41) is 9.80. The van der Waals surface area contributed by atoms with Crippen molar-refractivity contribution < 1.29 is 4.79 Å². The molecule has 1 amide bonds. The van der Waals surface area contributed by atoms with E-state index in [0.29, 0.717) is 38.0 Å². The molecular weight excluding hydrogens is 476 g/mol. The molecular formula is C29H36N8O. The second kappa shape index (κ2) is 10.2. The van der Waals surface area contributed by atoms with Gasteiger partial charge in [-0.15, -0.1) is 0 Å². The van der Waals surface area contributed by atoms with Crippen LogP contribution in [0, 0.1) is 5.92 Å². The van der Waals surface area contributed by atoms with E-state index in [1.165, 1.54) is 18.4 Å². The summed E-state index contributed by atoms with van der Waals surface area (Å²) in [6, 6.07) is 10.9. The lowest BCUT2D eigenvalue weighted by Crippen LogP contribution is -2.48. The Labute approximate surface area is 223 Å². The molecule has 0 unspecified atom stereocenters. The van der Waals surface area contributed by atoms with Gasteiger partial charge in [0.1, 0.15) is 11.0 Å². The summed E-state index contributed by atoms with van der Waals surface area (Å²) >= 11 is 0. The summed E-state index contributed by atoms with van der Waals surface area (Å²) in [5.41, 5.74) is 4.01. The van der Waals surface area contributed by atoms with E-state index in [1.54, 1.807) is 6.92 Å². The highest BCUT2D eigenvalue weighted by Crippen LogP contribution is 2.44. The third-order valence-electron chi connectivity index (χ3n) is 8.09. The smallest absolute Gasteiger partial charge is 0.228 e. The van der Waals surface area contributed by atoms with Crippen molar-refractivity contribution in [2.45, 2.75) is 58.5 Å². The Balaban J connectivity index is 1.41. The van der Waals surface area contributed by atoms with Crippen LogP contribution in [0.2, 0.25) is 0 Å². The lowest BCUT2D eigenvalue weighted by molar-refractivity contribution is -0.129. The number of benzene rings is 1. The zero-order chi connectivity index (χ0) is 26.2. The zero-order valence-electron chi connectivity index (χ0n) is 22.5. The number of anilines is 2. The van der Waals surface area contributed by atoms with E-state index in [0.717, 1.165) is 40.6 Å². The predicted octanol–water partition coefficient (Wildman–Crippen LogP) is 4.97. The Morgan fingerprint density at radius 1 is 1.03 bits per heavy atom. The monoisotopic (exact) mass is 512 g/mol. The molecule has 1 aromatic carbocycles. The molecule has 3 aromatic heterocycles. The van der Waals surface area contributed by atoms with E-state index in [-0.39, 0.29) is 18.0 Å². The number of amides is 1. The van der Waals surface area contributed by atoms with Gasteiger partial charge >= 0.3 is 0 Å². The first-order chi connectivity index (χ1) is 18.6. The molecule has 4 heterocycles. The van der Waals surface area contributed by atoms with Gasteiger partial charge in [-0.2, -0.15) is 10.1 Å². The minimum atomic E-state index is 0.109. The quantitative estimate of drug-likeness (QED) is 0.356. The van der Waals surface area contributed by atoms with Gasteiger partial charge in [0.05, 0.1) is 23.8 Å². The lowest BCUT2D eigenvalue weighted by atomic mass is 10.0. The molecule has 1 aliphatic heterocycles. The summed E-state index contributed by atoms with van der Waals surface area (Å²) in [6.45, 7) is 8.82. The first kappa shape index (κ1) is 24.6. The normalized spacial score (nSPS) is 16.9. The number of fused-ring (bicyclic) bond motifs is 2. The molecule has 2 fully saturated rings. The Morgan fingerprint density at radius 3 is 2.50 bits per heavy atom. The van der Waals surface area contributed by atoms with Crippen molar-refractivity contribution in [1.82, 2.24) is 29.6 Å². The topological polar surface area (TPSA) is 92.1 Å². The number of carbonyl (C=O) groups is 1. The van der Waals surface area contributed by atoms with Gasteiger partial charge in [-0.05, 0) is 49.3 Å². The summed E-state index contributed by atoms with van der Waals surface area (Å²) in [4.78, 5) is 30.8. The highest BCUT2D eigenvalue weighted by atomic mass is 16.2. The van der Waals surface area contributed by atoms with Crippen LogP contribution < -0.4 is 10.2 Å². The fourth-order valence-electron chi connectivity index (χ4n) is 5.63. The molecule has 2 aliphatic rings. The van der Waals surface area contributed by atoms with Gasteiger partial charge in [0, 0.05) is 44.7 Å². The van der Waals surface area contributed by atoms with Gasteiger partial charge < -0.3 is 15.1 Å². The van der Waals surface area contributed by atoms with Crippen molar-refractivity contribution in [1.29, 1.82) is 0 Å². The van der Waals surface area contributed by atoms with E-state index in [1.807, 2.05) is 23.4 Å². The van der Waals surface area contributed by atoms with Crippen LogP contribution in [0.15, 0.2) is 42.7 Å². The molecule has 9 heteroatoms. The van der Waals surface area contributed by atoms with Crippen LogP contribution >= 0.6 is 0 Å². The average Bonchev–Trinajstić information content (AvgIpc) is 3.71. The third kappa shape index (κ3) is 4.66. The molecule has 1 saturated heterocycles. The van der Waals surface area contributed by atoms with E-state index in [2.05, 4.69) is 53.0 Å². The fourth-order valence-corrected chi connectivity index (χ4v) is 5.63. The van der Waals surface area contributed by atoms with Crippen molar-refractivity contribution in [2.75, 3.05) is 36.4 Å². The first-order valence-electron chi connectivity index (χ1n) is 13.9. The molecule has 1 N–H and O–H groups in total. The first-order valence-corrected chi connectivity index (χ1v) is 13.9. The number of hydrogen-bond donors (Lipinski definition) is 1. The number of piperazine rings is 1. The van der Waals surface area contributed by atoms with Crippen molar-refractivity contribution in [3.63, 3.8) is 0 Å². The Morgan fingerprint density at radius 2 is 1.79 bits per heavy atom. The van der Waals surface area contributed by atoms with Crippen LogP contribution in [0.1, 0.15) is 64.1 Å². The molecule has 6 rings (SSSR count).